The predicted molar refractivity (Wildman–Crippen MR) is 69.5 cm³/mol. The van der Waals surface area contributed by atoms with Gasteiger partial charge in [0.2, 0.25) is 0 Å². The topological polar surface area (TPSA) is 89.6 Å². The van der Waals surface area contributed by atoms with Crippen LogP contribution in [0.4, 0.5) is 0 Å². The number of rotatable bonds is 6. The number of benzene rings is 1. The molecule has 0 saturated heterocycles. The third-order valence-electron chi connectivity index (χ3n) is 2.07. The Kier molecular flexibility index (Phi) is 5.67. The number of ether oxygens (including phenoxy) is 1. The fourth-order valence-corrected chi connectivity index (χ4v) is 2.14. The van der Waals surface area contributed by atoms with Gasteiger partial charge < -0.3 is 15.6 Å². The zero-order valence-electron chi connectivity index (χ0n) is 9.96. The van der Waals surface area contributed by atoms with Crippen molar-refractivity contribution in [1.82, 2.24) is 0 Å². The number of carbonyl (C=O) groups excluding carboxylic acids is 1. The average Bonchev–Trinajstić information content (AvgIpc) is 2.30. The zero-order chi connectivity index (χ0) is 13.5. The maximum Gasteiger partial charge on any atom is 0.321 e. The van der Waals surface area contributed by atoms with Gasteiger partial charge in [-0.15, -0.1) is 0 Å². The van der Waals surface area contributed by atoms with E-state index >= 15 is 0 Å². The molecule has 0 spiro atoms. The van der Waals surface area contributed by atoms with Crippen LogP contribution < -0.4 is 10.5 Å². The molecular weight excluding hydrogens is 254 g/mol. The van der Waals surface area contributed by atoms with E-state index in [1.54, 1.807) is 12.1 Å². The Hall–Kier alpha value is -1.53. The van der Waals surface area contributed by atoms with Gasteiger partial charge in [0.05, 0.1) is 0 Å². The van der Waals surface area contributed by atoms with Crippen LogP contribution in [0.25, 0.3) is 0 Å². The number of aliphatic carboxylic acids is 1. The molecule has 1 unspecified atom stereocenters. The van der Waals surface area contributed by atoms with Gasteiger partial charge in [0.25, 0.3) is 0 Å². The van der Waals surface area contributed by atoms with Gasteiger partial charge in [-0.2, -0.15) is 11.8 Å². The number of hydrogen-bond acceptors (Lipinski definition) is 5. The van der Waals surface area contributed by atoms with Gasteiger partial charge in [-0.25, -0.2) is 0 Å². The van der Waals surface area contributed by atoms with Crippen molar-refractivity contribution in [1.29, 1.82) is 0 Å². The smallest absolute Gasteiger partial charge is 0.321 e. The molecule has 0 aliphatic rings. The SMILES string of the molecule is CC(=O)Oc1ccc(CSCC(N)C(=O)O)cc1. The molecule has 98 valence electrons. The van der Waals surface area contributed by atoms with Crippen LogP contribution >= 0.6 is 11.8 Å². The standard InChI is InChI=1S/C12H15NO4S/c1-8(14)17-10-4-2-9(3-5-10)6-18-7-11(13)12(15)16/h2-5,11H,6-7,13H2,1H3,(H,15,16). The van der Waals surface area contributed by atoms with E-state index in [2.05, 4.69) is 0 Å². The summed E-state index contributed by atoms with van der Waals surface area (Å²) in [5, 5.41) is 8.61. The van der Waals surface area contributed by atoms with Gasteiger partial charge in [-0.1, -0.05) is 12.1 Å². The highest BCUT2D eigenvalue weighted by atomic mass is 32.2. The Bertz CT molecular complexity index is 419. The molecule has 0 bridgehead atoms. The summed E-state index contributed by atoms with van der Waals surface area (Å²) in [6, 6.07) is 6.23. The van der Waals surface area contributed by atoms with Gasteiger partial charge in [-0.05, 0) is 17.7 Å². The fraction of sp³-hybridized carbons (Fsp3) is 0.333. The number of carboxylic acids is 1. The Morgan fingerprint density at radius 2 is 2.00 bits per heavy atom. The number of carbonyl (C=O) groups is 2. The maximum atomic E-state index is 10.7. The summed E-state index contributed by atoms with van der Waals surface area (Å²) >= 11 is 1.45. The Morgan fingerprint density at radius 1 is 1.39 bits per heavy atom. The average molecular weight is 269 g/mol. The molecule has 0 aliphatic heterocycles. The summed E-state index contributed by atoms with van der Waals surface area (Å²) < 4.78 is 4.90. The lowest BCUT2D eigenvalue weighted by Crippen LogP contribution is -2.32. The first-order valence-electron chi connectivity index (χ1n) is 5.32. The molecule has 0 heterocycles. The summed E-state index contributed by atoms with van der Waals surface area (Å²) in [7, 11) is 0. The molecule has 0 fully saturated rings. The van der Waals surface area contributed by atoms with Crippen LogP contribution in [0.2, 0.25) is 0 Å². The van der Waals surface area contributed by atoms with E-state index in [1.807, 2.05) is 12.1 Å². The molecule has 6 heteroatoms. The molecular formula is C12H15NO4S. The van der Waals surface area contributed by atoms with Crippen molar-refractivity contribution >= 4 is 23.7 Å². The van der Waals surface area contributed by atoms with Crippen LogP contribution in [0, 0.1) is 0 Å². The summed E-state index contributed by atoms with van der Waals surface area (Å²) in [5.41, 5.74) is 6.40. The van der Waals surface area contributed by atoms with Crippen LogP contribution in [0.1, 0.15) is 12.5 Å². The lowest BCUT2D eigenvalue weighted by Gasteiger charge is -2.06. The Labute approximate surface area is 109 Å². The van der Waals surface area contributed by atoms with Gasteiger partial charge in [-0.3, -0.25) is 9.59 Å². The van der Waals surface area contributed by atoms with Crippen molar-refractivity contribution in [2.45, 2.75) is 18.7 Å². The molecule has 5 nitrogen and oxygen atoms in total. The summed E-state index contributed by atoms with van der Waals surface area (Å²) in [6.45, 7) is 1.34. The van der Waals surface area contributed by atoms with Gasteiger partial charge in [0.15, 0.2) is 0 Å². The van der Waals surface area contributed by atoms with E-state index in [-0.39, 0.29) is 5.97 Å². The van der Waals surface area contributed by atoms with Crippen molar-refractivity contribution in [3.8, 4) is 5.75 Å². The highest BCUT2D eigenvalue weighted by Gasteiger charge is 2.10. The molecule has 1 atom stereocenters. The van der Waals surface area contributed by atoms with Crippen LogP contribution in [0.15, 0.2) is 24.3 Å². The highest BCUT2D eigenvalue weighted by molar-refractivity contribution is 7.98. The third kappa shape index (κ3) is 5.20. The van der Waals surface area contributed by atoms with Crippen molar-refractivity contribution in [2.75, 3.05) is 5.75 Å². The third-order valence-corrected chi connectivity index (χ3v) is 3.20. The first-order valence-corrected chi connectivity index (χ1v) is 6.48. The fourth-order valence-electron chi connectivity index (χ4n) is 1.19. The maximum absolute atomic E-state index is 10.7. The zero-order valence-corrected chi connectivity index (χ0v) is 10.8. The minimum absolute atomic E-state index is 0.357. The number of carboxylic acid groups (broad SMARTS) is 1. The van der Waals surface area contributed by atoms with E-state index in [9.17, 15) is 9.59 Å². The van der Waals surface area contributed by atoms with Gasteiger partial charge >= 0.3 is 11.9 Å². The summed E-state index contributed by atoms with van der Waals surface area (Å²) in [4.78, 5) is 21.2. The molecule has 1 aromatic carbocycles. The molecule has 1 aromatic rings. The minimum atomic E-state index is -0.993. The lowest BCUT2D eigenvalue weighted by atomic mass is 10.2. The summed E-state index contributed by atoms with van der Waals surface area (Å²) in [5.74, 6) is 0.179. The molecule has 0 aliphatic carbocycles. The van der Waals surface area contributed by atoms with E-state index < -0.39 is 12.0 Å². The van der Waals surface area contributed by atoms with Crippen LogP contribution in [0.5, 0.6) is 5.75 Å². The quantitative estimate of drug-likeness (QED) is 0.597. The molecule has 0 amide bonds. The molecule has 1 rings (SSSR count). The number of hydrogen-bond donors (Lipinski definition) is 2. The number of esters is 1. The van der Waals surface area contributed by atoms with E-state index in [0.29, 0.717) is 17.3 Å². The van der Waals surface area contributed by atoms with Crippen molar-refractivity contribution in [3.05, 3.63) is 29.8 Å². The van der Waals surface area contributed by atoms with Gasteiger partial charge in [0, 0.05) is 18.4 Å². The van der Waals surface area contributed by atoms with Crippen molar-refractivity contribution < 1.29 is 19.4 Å². The molecule has 0 saturated carbocycles. The van der Waals surface area contributed by atoms with Gasteiger partial charge in [0.1, 0.15) is 11.8 Å². The largest absolute Gasteiger partial charge is 0.480 e. The van der Waals surface area contributed by atoms with Crippen molar-refractivity contribution in [2.24, 2.45) is 5.73 Å². The van der Waals surface area contributed by atoms with E-state index in [1.165, 1.54) is 18.7 Å². The number of nitrogens with two attached hydrogens (primary N) is 1. The molecule has 3 N–H and O–H groups in total. The summed E-state index contributed by atoms with van der Waals surface area (Å²) in [6.07, 6.45) is 0. The Morgan fingerprint density at radius 3 is 2.50 bits per heavy atom. The van der Waals surface area contributed by atoms with Crippen LogP contribution in [-0.4, -0.2) is 28.8 Å². The van der Waals surface area contributed by atoms with Crippen LogP contribution in [0.3, 0.4) is 0 Å². The second-order valence-corrected chi connectivity index (χ2v) is 4.73. The van der Waals surface area contributed by atoms with Crippen LogP contribution in [-0.2, 0) is 15.3 Å². The molecule has 0 radical (unpaired) electrons. The lowest BCUT2D eigenvalue weighted by molar-refractivity contribution is -0.138. The molecule has 18 heavy (non-hydrogen) atoms. The predicted octanol–water partition coefficient (Wildman–Crippen LogP) is 1.26. The first-order chi connectivity index (χ1) is 8.49. The monoisotopic (exact) mass is 269 g/mol. The molecule has 0 aromatic heterocycles. The first kappa shape index (κ1) is 14.5. The normalized spacial score (nSPS) is 11.9. The second kappa shape index (κ2) is 7.03. The van der Waals surface area contributed by atoms with E-state index in [4.69, 9.17) is 15.6 Å². The van der Waals surface area contributed by atoms with E-state index in [0.717, 1.165) is 5.56 Å². The minimum Gasteiger partial charge on any atom is -0.480 e. The highest BCUT2D eigenvalue weighted by Crippen LogP contribution is 2.17. The second-order valence-electron chi connectivity index (χ2n) is 3.70. The van der Waals surface area contributed by atoms with Crippen molar-refractivity contribution in [3.63, 3.8) is 0 Å². The number of thioether (sulfide) groups is 1. The Balaban J connectivity index is 2.39.